The summed E-state index contributed by atoms with van der Waals surface area (Å²) in [6, 6.07) is 22.0. The average Bonchev–Trinajstić information content (AvgIpc) is 3.45. The van der Waals surface area contributed by atoms with Gasteiger partial charge in [-0.2, -0.15) is 0 Å². The minimum atomic E-state index is -0.193. The number of hydrogen-bond acceptors (Lipinski definition) is 0. The zero-order valence-corrected chi connectivity index (χ0v) is 17.3. The van der Waals surface area contributed by atoms with Crippen LogP contribution in [0.25, 0.3) is 21.8 Å². The highest BCUT2D eigenvalue weighted by molar-refractivity contribution is 5.83. The maximum absolute atomic E-state index is 2.51. The highest BCUT2D eigenvalue weighted by Crippen LogP contribution is 2.47. The van der Waals surface area contributed by atoms with Crippen LogP contribution in [0.4, 0.5) is 0 Å². The van der Waals surface area contributed by atoms with Crippen LogP contribution in [0.5, 0.6) is 0 Å². The van der Waals surface area contributed by atoms with E-state index in [1.54, 1.807) is 5.57 Å². The van der Waals surface area contributed by atoms with E-state index in [-0.39, 0.29) is 5.66 Å². The molecule has 0 spiro atoms. The first-order valence-corrected chi connectivity index (χ1v) is 10.7. The van der Waals surface area contributed by atoms with Crippen molar-refractivity contribution in [2.45, 2.75) is 45.2 Å². The van der Waals surface area contributed by atoms with Crippen LogP contribution in [0, 0.1) is 0 Å². The van der Waals surface area contributed by atoms with Crippen LogP contribution in [0.2, 0.25) is 0 Å². The van der Waals surface area contributed by atoms with Crippen molar-refractivity contribution >= 4 is 21.8 Å². The molecule has 2 aromatic carbocycles. The molecule has 1 aliphatic carbocycles. The number of hydrogen-bond donors (Lipinski definition) is 0. The summed E-state index contributed by atoms with van der Waals surface area (Å²) in [4.78, 5) is 0. The second kappa shape index (κ2) is 7.11. The number of benzene rings is 2. The van der Waals surface area contributed by atoms with Crippen LogP contribution in [0.15, 0.2) is 96.4 Å². The fraction of sp³-hybridized carbons (Fsp3) is 0.259. The van der Waals surface area contributed by atoms with Gasteiger partial charge in [-0.3, -0.25) is 0 Å². The Morgan fingerprint density at radius 2 is 1.41 bits per heavy atom. The molecule has 2 aromatic heterocycles. The van der Waals surface area contributed by atoms with E-state index < -0.39 is 0 Å². The number of allylic oxidation sites excluding steroid dienone is 4. The quantitative estimate of drug-likeness (QED) is 0.322. The van der Waals surface area contributed by atoms with E-state index in [4.69, 9.17) is 0 Å². The van der Waals surface area contributed by atoms with Crippen LogP contribution in [0.3, 0.4) is 0 Å². The first-order valence-electron chi connectivity index (χ1n) is 10.7. The monoisotopic (exact) mass is 380 g/mol. The van der Waals surface area contributed by atoms with E-state index >= 15 is 0 Å². The standard InChI is InChI=1S/C27H28N2/c1-3-4-5-10-22-15-18-27(21(22)2,28-19-16-23-11-6-8-13-25(23)28)29-20-17-24-12-7-9-14-26(24)29/h4-9,11-14,16-17,19-20H,3,10,15,18H2,1-2H3. The molecule has 2 nitrogen and oxygen atoms in total. The highest BCUT2D eigenvalue weighted by atomic mass is 15.3. The molecule has 5 rings (SSSR count). The van der Waals surface area contributed by atoms with Crippen molar-refractivity contribution in [3.63, 3.8) is 0 Å². The van der Waals surface area contributed by atoms with Crippen molar-refractivity contribution in [2.75, 3.05) is 0 Å². The van der Waals surface area contributed by atoms with E-state index in [9.17, 15) is 0 Å². The molecular formula is C27H28N2. The second-order valence-electron chi connectivity index (χ2n) is 8.12. The molecule has 29 heavy (non-hydrogen) atoms. The van der Waals surface area contributed by atoms with Gasteiger partial charge in [-0.05, 0) is 73.2 Å². The number of para-hydroxylation sites is 2. The summed E-state index contributed by atoms with van der Waals surface area (Å²) in [6.07, 6.45) is 13.6. The Bertz CT molecular complexity index is 1160. The van der Waals surface area contributed by atoms with Gasteiger partial charge < -0.3 is 9.13 Å². The zero-order valence-electron chi connectivity index (χ0n) is 17.3. The fourth-order valence-electron chi connectivity index (χ4n) is 5.16. The van der Waals surface area contributed by atoms with Crippen molar-refractivity contribution in [3.8, 4) is 0 Å². The molecule has 0 fully saturated rings. The number of nitrogens with zero attached hydrogens (tertiary/aromatic N) is 2. The third-order valence-electron chi connectivity index (χ3n) is 6.67. The van der Waals surface area contributed by atoms with Gasteiger partial charge in [0.2, 0.25) is 0 Å². The average molecular weight is 381 g/mol. The molecule has 0 saturated heterocycles. The first kappa shape index (κ1) is 18.1. The molecular weight excluding hydrogens is 352 g/mol. The van der Waals surface area contributed by atoms with E-state index in [0.29, 0.717) is 0 Å². The van der Waals surface area contributed by atoms with E-state index in [2.05, 4.69) is 108 Å². The van der Waals surface area contributed by atoms with Crippen molar-refractivity contribution in [1.29, 1.82) is 0 Å². The lowest BCUT2D eigenvalue weighted by Crippen LogP contribution is -2.39. The number of rotatable bonds is 5. The topological polar surface area (TPSA) is 9.86 Å². The lowest BCUT2D eigenvalue weighted by molar-refractivity contribution is 0.300. The molecule has 0 bridgehead atoms. The van der Waals surface area contributed by atoms with Crippen LogP contribution >= 0.6 is 0 Å². The minimum Gasteiger partial charge on any atom is -0.320 e. The van der Waals surface area contributed by atoms with Gasteiger partial charge in [-0.1, -0.05) is 61.0 Å². The smallest absolute Gasteiger partial charge is 0.143 e. The molecule has 146 valence electrons. The van der Waals surface area contributed by atoms with Crippen LogP contribution in [-0.4, -0.2) is 9.13 Å². The third kappa shape index (κ3) is 2.70. The van der Waals surface area contributed by atoms with Gasteiger partial charge in [0.25, 0.3) is 0 Å². The molecule has 0 amide bonds. The molecule has 4 aromatic rings. The Kier molecular flexibility index (Phi) is 4.43. The molecule has 0 N–H and O–H groups in total. The van der Waals surface area contributed by atoms with Gasteiger partial charge in [-0.15, -0.1) is 0 Å². The molecule has 0 radical (unpaired) electrons. The fourth-order valence-corrected chi connectivity index (χ4v) is 5.16. The van der Waals surface area contributed by atoms with E-state index in [0.717, 1.165) is 25.7 Å². The maximum atomic E-state index is 2.51. The van der Waals surface area contributed by atoms with Gasteiger partial charge in [0.1, 0.15) is 5.66 Å². The third-order valence-corrected chi connectivity index (χ3v) is 6.67. The van der Waals surface area contributed by atoms with Gasteiger partial charge in [-0.25, -0.2) is 0 Å². The number of aromatic nitrogens is 2. The Hall–Kier alpha value is -3.00. The maximum Gasteiger partial charge on any atom is 0.143 e. The Labute approximate surface area is 172 Å². The summed E-state index contributed by atoms with van der Waals surface area (Å²) in [7, 11) is 0. The first-order chi connectivity index (χ1) is 14.3. The van der Waals surface area contributed by atoms with Crippen molar-refractivity contribution in [2.24, 2.45) is 0 Å². The van der Waals surface area contributed by atoms with Crippen molar-refractivity contribution in [1.82, 2.24) is 9.13 Å². The minimum absolute atomic E-state index is 0.193. The highest BCUT2D eigenvalue weighted by Gasteiger charge is 2.42. The molecule has 0 unspecified atom stereocenters. The SMILES string of the molecule is CCC=CCC1=C(C)C(n2ccc3ccccc32)(n2ccc3ccccc32)CC1. The largest absolute Gasteiger partial charge is 0.320 e. The number of fused-ring (bicyclic) bond motifs is 2. The van der Waals surface area contributed by atoms with E-state index in [1.807, 2.05) is 0 Å². The summed E-state index contributed by atoms with van der Waals surface area (Å²) in [5.41, 5.74) is 5.47. The summed E-state index contributed by atoms with van der Waals surface area (Å²) < 4.78 is 5.03. The summed E-state index contributed by atoms with van der Waals surface area (Å²) in [5.74, 6) is 0. The molecule has 1 aliphatic rings. The van der Waals surface area contributed by atoms with Crippen LogP contribution < -0.4 is 0 Å². The molecule has 2 heteroatoms. The predicted octanol–water partition coefficient (Wildman–Crippen LogP) is 7.26. The van der Waals surface area contributed by atoms with Crippen LogP contribution in [0.1, 0.15) is 39.5 Å². The predicted molar refractivity (Wildman–Crippen MR) is 123 cm³/mol. The van der Waals surface area contributed by atoms with Crippen molar-refractivity contribution in [3.05, 3.63) is 96.4 Å². The van der Waals surface area contributed by atoms with Crippen molar-refractivity contribution < 1.29 is 0 Å². The summed E-state index contributed by atoms with van der Waals surface area (Å²) in [6.45, 7) is 4.56. The summed E-state index contributed by atoms with van der Waals surface area (Å²) >= 11 is 0. The Morgan fingerprint density at radius 1 is 0.828 bits per heavy atom. The Morgan fingerprint density at radius 3 is 2.00 bits per heavy atom. The molecule has 0 atom stereocenters. The van der Waals surface area contributed by atoms with Gasteiger partial charge in [0.15, 0.2) is 0 Å². The lowest BCUT2D eigenvalue weighted by atomic mass is 9.99. The molecule has 0 aliphatic heterocycles. The zero-order chi connectivity index (χ0) is 19.8. The lowest BCUT2D eigenvalue weighted by Gasteiger charge is -2.37. The Balaban J connectivity index is 1.78. The van der Waals surface area contributed by atoms with Crippen LogP contribution in [-0.2, 0) is 5.66 Å². The van der Waals surface area contributed by atoms with Gasteiger partial charge >= 0.3 is 0 Å². The van der Waals surface area contributed by atoms with E-state index in [1.165, 1.54) is 27.4 Å². The van der Waals surface area contributed by atoms with Gasteiger partial charge in [0.05, 0.1) is 11.0 Å². The second-order valence-corrected chi connectivity index (χ2v) is 8.12. The summed E-state index contributed by atoms with van der Waals surface area (Å²) in [5, 5.41) is 2.60. The normalized spacial score (nSPS) is 16.6. The molecule has 0 saturated carbocycles. The molecule has 2 heterocycles. The van der Waals surface area contributed by atoms with Gasteiger partial charge in [0, 0.05) is 12.4 Å².